The van der Waals surface area contributed by atoms with E-state index in [2.05, 4.69) is 5.32 Å². The standard InChI is InChI=1S/C17H15FN2O4/c1-10-3-8-14(24-10)17(2)15(22)20(16(23)19-17)9-13(21)11-4-6-12(18)7-5-11/h3-8H,9H2,1-2H3,(H,19,23)/t17-/m0/s1. The van der Waals surface area contributed by atoms with Crippen molar-refractivity contribution in [2.45, 2.75) is 19.4 Å². The van der Waals surface area contributed by atoms with Crippen LogP contribution in [-0.4, -0.2) is 29.2 Å². The highest BCUT2D eigenvalue weighted by atomic mass is 19.1. The average molecular weight is 330 g/mol. The first-order valence-corrected chi connectivity index (χ1v) is 7.31. The third-order valence-corrected chi connectivity index (χ3v) is 3.98. The lowest BCUT2D eigenvalue weighted by atomic mass is 9.99. The highest BCUT2D eigenvalue weighted by molar-refractivity contribution is 6.11. The Morgan fingerprint density at radius 3 is 2.46 bits per heavy atom. The van der Waals surface area contributed by atoms with Crippen molar-refractivity contribution in [3.63, 3.8) is 0 Å². The number of halogens is 1. The fraction of sp³-hybridized carbons (Fsp3) is 0.235. The molecule has 7 heteroatoms. The molecule has 2 heterocycles. The number of furan rings is 1. The number of rotatable bonds is 4. The van der Waals surface area contributed by atoms with E-state index >= 15 is 0 Å². The van der Waals surface area contributed by atoms with Gasteiger partial charge in [-0.3, -0.25) is 14.5 Å². The van der Waals surface area contributed by atoms with Crippen molar-refractivity contribution >= 4 is 17.7 Å². The third kappa shape index (κ3) is 2.58. The van der Waals surface area contributed by atoms with Crippen molar-refractivity contribution in [1.82, 2.24) is 10.2 Å². The maximum Gasteiger partial charge on any atom is 0.325 e. The number of nitrogens with one attached hydrogen (secondary N) is 1. The lowest BCUT2D eigenvalue weighted by Crippen LogP contribution is -2.41. The molecule has 1 fully saturated rings. The molecule has 1 aromatic heterocycles. The number of benzene rings is 1. The van der Waals surface area contributed by atoms with Crippen LogP contribution in [0.1, 0.15) is 28.8 Å². The minimum absolute atomic E-state index is 0.222. The molecule has 6 nitrogen and oxygen atoms in total. The monoisotopic (exact) mass is 330 g/mol. The van der Waals surface area contributed by atoms with Crippen LogP contribution in [-0.2, 0) is 10.3 Å². The van der Waals surface area contributed by atoms with E-state index in [1.54, 1.807) is 19.1 Å². The van der Waals surface area contributed by atoms with Crippen LogP contribution >= 0.6 is 0 Å². The topological polar surface area (TPSA) is 79.6 Å². The van der Waals surface area contributed by atoms with Gasteiger partial charge in [0.05, 0.1) is 6.54 Å². The molecule has 1 N–H and O–H groups in total. The Morgan fingerprint density at radius 1 is 1.21 bits per heavy atom. The highest BCUT2D eigenvalue weighted by Crippen LogP contribution is 2.30. The quantitative estimate of drug-likeness (QED) is 0.689. The smallest absolute Gasteiger partial charge is 0.325 e. The molecular formula is C17H15FN2O4. The maximum atomic E-state index is 12.9. The van der Waals surface area contributed by atoms with Crippen LogP contribution in [0.4, 0.5) is 9.18 Å². The maximum absolute atomic E-state index is 12.9. The zero-order valence-corrected chi connectivity index (χ0v) is 13.1. The van der Waals surface area contributed by atoms with Gasteiger partial charge in [0.2, 0.25) is 0 Å². The van der Waals surface area contributed by atoms with E-state index in [0.29, 0.717) is 11.5 Å². The predicted molar refractivity (Wildman–Crippen MR) is 81.8 cm³/mol. The molecule has 1 atom stereocenters. The van der Waals surface area contributed by atoms with Gasteiger partial charge in [-0.2, -0.15) is 0 Å². The number of ketones is 1. The van der Waals surface area contributed by atoms with E-state index in [0.717, 1.165) is 17.0 Å². The summed E-state index contributed by atoms with van der Waals surface area (Å²) in [6, 6.07) is 7.54. The zero-order valence-electron chi connectivity index (χ0n) is 13.1. The molecule has 0 bridgehead atoms. The molecular weight excluding hydrogens is 315 g/mol. The normalized spacial score (nSPS) is 20.4. The summed E-state index contributed by atoms with van der Waals surface area (Å²) in [6.07, 6.45) is 0. The van der Waals surface area contributed by atoms with Crippen molar-refractivity contribution in [2.75, 3.05) is 6.54 Å². The lowest BCUT2D eigenvalue weighted by Gasteiger charge is -2.18. The Balaban J connectivity index is 1.82. The molecule has 0 saturated carbocycles. The summed E-state index contributed by atoms with van der Waals surface area (Å²) in [4.78, 5) is 37.9. The van der Waals surface area contributed by atoms with E-state index in [-0.39, 0.29) is 5.56 Å². The molecule has 1 aromatic carbocycles. The highest BCUT2D eigenvalue weighted by Gasteiger charge is 2.51. The Kier molecular flexibility index (Phi) is 3.71. The number of urea groups is 1. The van der Waals surface area contributed by atoms with Crippen molar-refractivity contribution < 1.29 is 23.2 Å². The van der Waals surface area contributed by atoms with Gasteiger partial charge in [0, 0.05) is 5.56 Å². The number of hydrogen-bond donors (Lipinski definition) is 1. The largest absolute Gasteiger partial charge is 0.463 e. The molecule has 1 aliphatic heterocycles. The summed E-state index contributed by atoms with van der Waals surface area (Å²) in [7, 11) is 0. The van der Waals surface area contributed by atoms with E-state index < -0.39 is 35.6 Å². The molecule has 24 heavy (non-hydrogen) atoms. The van der Waals surface area contributed by atoms with Gasteiger partial charge in [-0.15, -0.1) is 0 Å². The van der Waals surface area contributed by atoms with E-state index in [4.69, 9.17) is 4.42 Å². The molecule has 2 aromatic rings. The van der Waals surface area contributed by atoms with Crippen LogP contribution in [0, 0.1) is 12.7 Å². The summed E-state index contributed by atoms with van der Waals surface area (Å²) >= 11 is 0. The van der Waals surface area contributed by atoms with Gasteiger partial charge in [0.15, 0.2) is 11.3 Å². The Hall–Kier alpha value is -2.96. The fourth-order valence-electron chi connectivity index (χ4n) is 2.58. The third-order valence-electron chi connectivity index (χ3n) is 3.98. The second kappa shape index (κ2) is 5.59. The van der Waals surface area contributed by atoms with Gasteiger partial charge in [0.1, 0.15) is 17.3 Å². The van der Waals surface area contributed by atoms with Crippen molar-refractivity contribution in [1.29, 1.82) is 0 Å². The van der Waals surface area contributed by atoms with Crippen molar-refractivity contribution in [2.24, 2.45) is 0 Å². The van der Waals surface area contributed by atoms with Crippen LogP contribution in [0.3, 0.4) is 0 Å². The minimum Gasteiger partial charge on any atom is -0.463 e. The van der Waals surface area contributed by atoms with Gasteiger partial charge < -0.3 is 9.73 Å². The number of imide groups is 1. The van der Waals surface area contributed by atoms with Gasteiger partial charge in [0.25, 0.3) is 5.91 Å². The number of hydrogen-bond acceptors (Lipinski definition) is 4. The van der Waals surface area contributed by atoms with Crippen LogP contribution in [0.2, 0.25) is 0 Å². The molecule has 124 valence electrons. The molecule has 1 aliphatic rings. The number of nitrogens with zero attached hydrogens (tertiary/aromatic N) is 1. The van der Waals surface area contributed by atoms with Crippen LogP contribution in [0.25, 0.3) is 0 Å². The van der Waals surface area contributed by atoms with Gasteiger partial charge >= 0.3 is 6.03 Å². The number of amides is 3. The fourth-order valence-corrected chi connectivity index (χ4v) is 2.58. The van der Waals surface area contributed by atoms with Crippen molar-refractivity contribution in [3.05, 3.63) is 59.3 Å². The Morgan fingerprint density at radius 2 is 1.88 bits per heavy atom. The summed E-state index contributed by atoms with van der Waals surface area (Å²) in [5, 5.41) is 2.56. The number of aryl methyl sites for hydroxylation is 1. The first-order valence-electron chi connectivity index (χ1n) is 7.31. The summed E-state index contributed by atoms with van der Waals surface area (Å²) in [5.41, 5.74) is -1.13. The van der Waals surface area contributed by atoms with Gasteiger partial charge in [-0.1, -0.05) is 0 Å². The lowest BCUT2D eigenvalue weighted by molar-refractivity contribution is -0.131. The first-order chi connectivity index (χ1) is 11.3. The minimum atomic E-state index is -1.35. The molecule has 1 saturated heterocycles. The first kappa shape index (κ1) is 15.9. The second-order valence-electron chi connectivity index (χ2n) is 5.79. The van der Waals surface area contributed by atoms with Crippen LogP contribution < -0.4 is 5.32 Å². The van der Waals surface area contributed by atoms with E-state index in [1.165, 1.54) is 19.1 Å². The number of carbonyl (C=O) groups excluding carboxylic acids is 3. The van der Waals surface area contributed by atoms with Crippen molar-refractivity contribution in [3.8, 4) is 0 Å². The number of Topliss-reactive ketones (excluding diaryl/α,β-unsaturated/α-hetero) is 1. The summed E-state index contributed by atoms with van der Waals surface area (Å²) < 4.78 is 18.4. The van der Waals surface area contributed by atoms with E-state index in [9.17, 15) is 18.8 Å². The summed E-state index contributed by atoms with van der Waals surface area (Å²) in [5.74, 6) is -0.595. The Bertz CT molecular complexity index is 827. The van der Waals surface area contributed by atoms with Crippen LogP contribution in [0.15, 0.2) is 40.8 Å². The molecule has 3 amide bonds. The molecule has 0 aliphatic carbocycles. The molecule has 0 unspecified atom stereocenters. The molecule has 3 rings (SSSR count). The predicted octanol–water partition coefficient (Wildman–Crippen LogP) is 2.38. The van der Waals surface area contributed by atoms with E-state index in [1.807, 2.05) is 0 Å². The van der Waals surface area contributed by atoms with Gasteiger partial charge in [-0.05, 0) is 50.2 Å². The Labute approximate surface area is 137 Å². The average Bonchev–Trinajstić information content (AvgIpc) is 3.06. The number of carbonyl (C=O) groups is 3. The summed E-state index contributed by atoms with van der Waals surface area (Å²) in [6.45, 7) is 2.82. The SMILES string of the molecule is Cc1ccc([C@]2(C)NC(=O)N(CC(=O)c3ccc(F)cc3)C2=O)o1. The van der Waals surface area contributed by atoms with Crippen LogP contribution in [0.5, 0.6) is 0 Å². The van der Waals surface area contributed by atoms with Gasteiger partial charge in [-0.25, -0.2) is 9.18 Å². The second-order valence-corrected chi connectivity index (χ2v) is 5.79. The zero-order chi connectivity index (χ0) is 17.5. The molecule has 0 radical (unpaired) electrons. The molecule has 0 spiro atoms.